The van der Waals surface area contributed by atoms with E-state index in [9.17, 15) is 18.0 Å². The predicted molar refractivity (Wildman–Crippen MR) is 172 cm³/mol. The number of rotatable bonds is 8. The van der Waals surface area contributed by atoms with Gasteiger partial charge in [0.25, 0.3) is 5.56 Å². The lowest BCUT2D eigenvalue weighted by molar-refractivity contribution is -0.139. The zero-order valence-corrected chi connectivity index (χ0v) is 27.9. The zero-order chi connectivity index (χ0) is 31.8. The van der Waals surface area contributed by atoms with Crippen molar-refractivity contribution in [3.05, 3.63) is 118 Å². The Balaban J connectivity index is 1.60. The van der Waals surface area contributed by atoms with E-state index in [0.29, 0.717) is 35.7 Å². The van der Waals surface area contributed by atoms with E-state index < -0.39 is 22.1 Å². The first kappa shape index (κ1) is 31.7. The summed E-state index contributed by atoms with van der Waals surface area (Å²) in [5.41, 5.74) is 2.43. The minimum Gasteiger partial charge on any atom is -0.493 e. The topological polar surface area (TPSA) is 113 Å². The molecule has 1 aliphatic heterocycles. The minimum atomic E-state index is -4.16. The van der Waals surface area contributed by atoms with Crippen LogP contribution in [0.3, 0.4) is 0 Å². The highest BCUT2D eigenvalue weighted by Crippen LogP contribution is 2.39. The van der Waals surface area contributed by atoms with Crippen molar-refractivity contribution in [2.24, 2.45) is 4.99 Å². The van der Waals surface area contributed by atoms with Gasteiger partial charge in [-0.25, -0.2) is 9.79 Å². The van der Waals surface area contributed by atoms with E-state index in [1.54, 1.807) is 68.5 Å². The Morgan fingerprint density at radius 2 is 1.80 bits per heavy atom. The fourth-order valence-electron chi connectivity index (χ4n) is 4.67. The normalized spacial score (nSPS) is 15.0. The molecule has 0 N–H and O–H groups in total. The van der Waals surface area contributed by atoms with Crippen molar-refractivity contribution < 1.29 is 26.9 Å². The summed E-state index contributed by atoms with van der Waals surface area (Å²) in [5, 5.41) is 0.512. The molecule has 5 rings (SSSR count). The highest BCUT2D eigenvalue weighted by molar-refractivity contribution is 9.10. The molecule has 0 aliphatic carbocycles. The van der Waals surface area contributed by atoms with Gasteiger partial charge in [0, 0.05) is 5.02 Å². The molecule has 0 saturated carbocycles. The summed E-state index contributed by atoms with van der Waals surface area (Å²) in [5.74, 6) is -0.467. The number of methoxy groups -OCH3 is 1. The van der Waals surface area contributed by atoms with Crippen molar-refractivity contribution in [1.82, 2.24) is 4.57 Å². The minimum absolute atomic E-state index is 0.00466. The number of hydrogen-bond acceptors (Lipinski definition) is 9. The number of allylic oxidation sites excluding steroid dienone is 1. The average Bonchev–Trinajstić information content (AvgIpc) is 3.28. The van der Waals surface area contributed by atoms with Crippen LogP contribution in [0.1, 0.15) is 36.6 Å². The summed E-state index contributed by atoms with van der Waals surface area (Å²) in [6, 6.07) is 15.6. The maximum absolute atomic E-state index is 13.9. The Morgan fingerprint density at radius 3 is 2.43 bits per heavy atom. The lowest BCUT2D eigenvalue weighted by Crippen LogP contribution is -2.39. The molecule has 0 fully saturated rings. The van der Waals surface area contributed by atoms with Gasteiger partial charge in [0.15, 0.2) is 16.3 Å². The molecule has 3 aromatic carbocycles. The van der Waals surface area contributed by atoms with E-state index >= 15 is 0 Å². The van der Waals surface area contributed by atoms with Crippen molar-refractivity contribution in [3.8, 4) is 11.5 Å². The molecule has 1 aliphatic rings. The summed E-state index contributed by atoms with van der Waals surface area (Å²) in [4.78, 5) is 32.0. The molecule has 0 bridgehead atoms. The van der Waals surface area contributed by atoms with Gasteiger partial charge < -0.3 is 13.7 Å². The van der Waals surface area contributed by atoms with Gasteiger partial charge in [-0.2, -0.15) is 8.42 Å². The summed E-state index contributed by atoms with van der Waals surface area (Å²) >= 11 is 10.7. The van der Waals surface area contributed by atoms with E-state index in [0.717, 1.165) is 16.9 Å². The molecule has 0 spiro atoms. The quantitative estimate of drug-likeness (QED) is 0.180. The Bertz CT molecular complexity index is 2090. The van der Waals surface area contributed by atoms with E-state index in [2.05, 4.69) is 20.9 Å². The van der Waals surface area contributed by atoms with E-state index in [4.69, 9.17) is 25.3 Å². The van der Waals surface area contributed by atoms with Gasteiger partial charge in [0.1, 0.15) is 4.90 Å². The van der Waals surface area contributed by atoms with E-state index in [1.807, 2.05) is 6.92 Å². The van der Waals surface area contributed by atoms with Crippen LogP contribution < -0.4 is 23.8 Å². The van der Waals surface area contributed by atoms with E-state index in [-0.39, 0.29) is 34.1 Å². The molecule has 0 amide bonds. The van der Waals surface area contributed by atoms with Gasteiger partial charge >= 0.3 is 16.1 Å². The van der Waals surface area contributed by atoms with Gasteiger partial charge in [0.05, 0.1) is 40.0 Å². The number of benzene rings is 3. The second-order valence-corrected chi connectivity index (χ2v) is 13.6. The van der Waals surface area contributed by atoms with Crippen molar-refractivity contribution in [1.29, 1.82) is 0 Å². The van der Waals surface area contributed by atoms with Crippen LogP contribution in [-0.2, 0) is 19.6 Å². The van der Waals surface area contributed by atoms with Crippen LogP contribution in [-0.4, -0.2) is 32.7 Å². The van der Waals surface area contributed by atoms with Crippen molar-refractivity contribution in [2.75, 3.05) is 13.7 Å². The number of nitrogens with zero attached hydrogens (tertiary/aromatic N) is 2. The van der Waals surface area contributed by atoms with Gasteiger partial charge in [-0.1, -0.05) is 52.8 Å². The molecule has 0 saturated heterocycles. The van der Waals surface area contributed by atoms with Gasteiger partial charge in [0.2, 0.25) is 0 Å². The molecule has 0 unspecified atom stereocenters. The zero-order valence-electron chi connectivity index (χ0n) is 24.0. The number of thiazole rings is 1. The largest absolute Gasteiger partial charge is 0.493 e. The maximum atomic E-state index is 13.9. The first-order valence-corrected chi connectivity index (χ1v) is 16.7. The van der Waals surface area contributed by atoms with Gasteiger partial charge in [-0.15, -0.1) is 0 Å². The van der Waals surface area contributed by atoms with Crippen LogP contribution in [0.5, 0.6) is 11.5 Å². The van der Waals surface area contributed by atoms with Crippen LogP contribution in [0.25, 0.3) is 6.08 Å². The molecule has 13 heteroatoms. The van der Waals surface area contributed by atoms with Crippen molar-refractivity contribution in [2.45, 2.75) is 31.7 Å². The molecule has 2 heterocycles. The fourth-order valence-corrected chi connectivity index (χ4v) is 7.45. The maximum Gasteiger partial charge on any atom is 0.339 e. The Kier molecular flexibility index (Phi) is 9.17. The number of hydrogen-bond donors (Lipinski definition) is 0. The number of aryl methyl sites for hydroxylation is 1. The van der Waals surface area contributed by atoms with Crippen molar-refractivity contribution in [3.63, 3.8) is 0 Å². The van der Waals surface area contributed by atoms with Crippen LogP contribution in [0.2, 0.25) is 5.02 Å². The third-order valence-corrected chi connectivity index (χ3v) is 9.81. The van der Waals surface area contributed by atoms with Gasteiger partial charge in [-0.05, 0) is 90.3 Å². The summed E-state index contributed by atoms with van der Waals surface area (Å²) in [7, 11) is -2.77. The molecule has 1 aromatic heterocycles. The second kappa shape index (κ2) is 12.7. The number of fused-ring (bicyclic) bond motifs is 1. The number of carbonyl (C=O) groups is 1. The number of ether oxygens (including phenoxy) is 2. The van der Waals surface area contributed by atoms with E-state index in [1.165, 1.54) is 23.8 Å². The summed E-state index contributed by atoms with van der Waals surface area (Å²) < 4.78 is 44.3. The predicted octanol–water partition coefficient (Wildman–Crippen LogP) is 5.30. The average molecular weight is 718 g/mol. The first-order valence-electron chi connectivity index (χ1n) is 13.3. The SMILES string of the molecule is CCOC(=O)C1=C(C)N=c2s/c(=C\c3cc(Br)c(OS(=O)(=O)c4ccc(C)cc4)c(OC)c3)c(=O)n2[C@@H]1c1ccc(Cl)cc1. The second-order valence-electron chi connectivity index (χ2n) is 9.74. The Hall–Kier alpha value is -3.71. The third kappa shape index (κ3) is 6.25. The van der Waals surface area contributed by atoms with Gasteiger partial charge in [-0.3, -0.25) is 9.36 Å². The first-order chi connectivity index (χ1) is 20.9. The molecule has 4 aromatic rings. The molecule has 9 nitrogen and oxygen atoms in total. The smallest absolute Gasteiger partial charge is 0.339 e. The Labute approximate surface area is 271 Å². The number of esters is 1. The summed E-state index contributed by atoms with van der Waals surface area (Å²) in [6.45, 7) is 5.43. The van der Waals surface area contributed by atoms with Crippen LogP contribution in [0, 0.1) is 6.92 Å². The highest BCUT2D eigenvalue weighted by atomic mass is 79.9. The van der Waals surface area contributed by atoms with Crippen molar-refractivity contribution >= 4 is 61.0 Å². The monoisotopic (exact) mass is 716 g/mol. The number of carbonyl (C=O) groups excluding carboxylic acids is 1. The molecular weight excluding hydrogens is 692 g/mol. The van der Waals surface area contributed by atoms with Crippen LogP contribution >= 0.6 is 38.9 Å². The lowest BCUT2D eigenvalue weighted by atomic mass is 9.96. The molecule has 1 atom stereocenters. The Morgan fingerprint density at radius 1 is 1.11 bits per heavy atom. The molecule has 44 heavy (non-hydrogen) atoms. The van der Waals surface area contributed by atoms with Crippen LogP contribution in [0.4, 0.5) is 0 Å². The fraction of sp³-hybridized carbons (Fsp3) is 0.194. The standard InChI is InChI=1S/C31H26BrClN2O7S2/c1-5-41-30(37)26-18(3)34-31-35(27(26)20-8-10-21(33)11-9-20)29(36)25(43-31)16-19-14-23(32)28(24(15-19)40-4)42-44(38,39)22-12-6-17(2)7-13-22/h6-16,27H,5H2,1-4H3/b25-16-/t27-/m1/s1. The highest BCUT2D eigenvalue weighted by Gasteiger charge is 2.33. The molecule has 0 radical (unpaired) electrons. The third-order valence-electron chi connectivity index (χ3n) is 6.76. The number of halogens is 2. The summed E-state index contributed by atoms with van der Waals surface area (Å²) in [6.07, 6.45) is 1.64. The molecular formula is C31H26BrClN2O7S2. The number of aromatic nitrogens is 1. The van der Waals surface area contributed by atoms with Crippen LogP contribution in [0.15, 0.2) is 91.1 Å². The lowest BCUT2D eigenvalue weighted by Gasteiger charge is -2.24. The molecule has 228 valence electrons.